The molecule has 1 saturated heterocycles. The summed E-state index contributed by atoms with van der Waals surface area (Å²) in [5.41, 5.74) is 1.28. The number of carbonyl (C=O) groups excluding carboxylic acids is 1. The summed E-state index contributed by atoms with van der Waals surface area (Å²) in [6.07, 6.45) is 3.19. The van der Waals surface area contributed by atoms with Crippen molar-refractivity contribution in [2.45, 2.75) is 31.9 Å². The number of piperazine rings is 1. The Hall–Kier alpha value is -1.44. The number of rotatable bonds is 8. The second-order valence-corrected chi connectivity index (χ2v) is 8.59. The highest BCUT2D eigenvalue weighted by Gasteiger charge is 2.25. The molecule has 1 aromatic carbocycles. The van der Waals surface area contributed by atoms with Crippen LogP contribution in [0, 0.1) is 0 Å². The normalized spacial score (nSPS) is 16.7. The molecule has 1 heterocycles. The molecule has 25 heavy (non-hydrogen) atoms. The topological polar surface area (TPSA) is 69.7 Å². The molecule has 0 aliphatic carbocycles. The lowest BCUT2D eigenvalue weighted by atomic mass is 10.1. The molecular formula is C18H29N3O3S. The Bertz CT molecular complexity index is 651. The van der Waals surface area contributed by atoms with Crippen LogP contribution in [0.5, 0.6) is 0 Å². The summed E-state index contributed by atoms with van der Waals surface area (Å²) in [6.45, 7) is 5.39. The lowest BCUT2D eigenvalue weighted by Gasteiger charge is -2.31. The predicted octanol–water partition coefficient (Wildman–Crippen LogP) is 1.68. The summed E-state index contributed by atoms with van der Waals surface area (Å²) in [4.78, 5) is 14.2. The van der Waals surface area contributed by atoms with Crippen LogP contribution in [0.2, 0.25) is 0 Å². The zero-order valence-electron chi connectivity index (χ0n) is 15.2. The summed E-state index contributed by atoms with van der Waals surface area (Å²) in [7, 11) is -1.31. The number of nitrogens with one attached hydrogen (secondary N) is 1. The van der Waals surface area contributed by atoms with Gasteiger partial charge in [-0.2, -0.15) is 4.31 Å². The zero-order valence-corrected chi connectivity index (χ0v) is 16.0. The maximum Gasteiger partial charge on any atom is 0.251 e. The average Bonchev–Trinajstić information content (AvgIpc) is 2.59. The van der Waals surface area contributed by atoms with Crippen LogP contribution in [0.25, 0.3) is 0 Å². The molecule has 0 radical (unpaired) electrons. The van der Waals surface area contributed by atoms with Gasteiger partial charge in [0.05, 0.1) is 5.75 Å². The first-order chi connectivity index (χ1) is 11.9. The van der Waals surface area contributed by atoms with Gasteiger partial charge < -0.3 is 10.2 Å². The van der Waals surface area contributed by atoms with Gasteiger partial charge in [0.25, 0.3) is 5.91 Å². The smallest absolute Gasteiger partial charge is 0.251 e. The monoisotopic (exact) mass is 367 g/mol. The van der Waals surface area contributed by atoms with Crippen LogP contribution in [-0.2, 0) is 15.8 Å². The molecule has 0 spiro atoms. The van der Waals surface area contributed by atoms with E-state index in [9.17, 15) is 13.2 Å². The summed E-state index contributed by atoms with van der Waals surface area (Å²) in [5.74, 6) is -0.126. The number of amides is 1. The molecule has 0 atom stereocenters. The molecule has 1 amide bonds. The Kier molecular flexibility index (Phi) is 7.40. The molecular weight excluding hydrogens is 338 g/mol. The van der Waals surface area contributed by atoms with Crippen LogP contribution in [0.15, 0.2) is 24.3 Å². The largest absolute Gasteiger partial charge is 0.352 e. The molecule has 0 bridgehead atoms. The lowest BCUT2D eigenvalue weighted by Crippen LogP contribution is -2.47. The Morgan fingerprint density at radius 2 is 1.72 bits per heavy atom. The van der Waals surface area contributed by atoms with Crippen molar-refractivity contribution >= 4 is 15.9 Å². The van der Waals surface area contributed by atoms with Gasteiger partial charge in [-0.1, -0.05) is 31.9 Å². The van der Waals surface area contributed by atoms with E-state index in [1.807, 2.05) is 7.05 Å². The van der Waals surface area contributed by atoms with Crippen LogP contribution in [0.1, 0.15) is 42.1 Å². The van der Waals surface area contributed by atoms with E-state index in [4.69, 9.17) is 0 Å². The number of unbranched alkanes of at least 4 members (excludes halogenated alkanes) is 2. The minimum atomic E-state index is -3.31. The fraction of sp³-hybridized carbons (Fsp3) is 0.611. The standard InChI is InChI=1S/C18H29N3O3S/c1-3-4-5-10-19-18(22)17-8-6-16(7-9-17)15-25(23,24)21-13-11-20(2)12-14-21/h6-9H,3-5,10-15H2,1-2H3,(H,19,22). The summed E-state index contributed by atoms with van der Waals surface area (Å²) in [5, 5.41) is 2.89. The highest BCUT2D eigenvalue weighted by atomic mass is 32.2. The number of benzene rings is 1. The van der Waals surface area contributed by atoms with Crippen molar-refractivity contribution in [3.05, 3.63) is 35.4 Å². The van der Waals surface area contributed by atoms with Crippen LogP contribution < -0.4 is 5.32 Å². The Morgan fingerprint density at radius 3 is 2.32 bits per heavy atom. The zero-order chi connectivity index (χ0) is 18.3. The second-order valence-electron chi connectivity index (χ2n) is 6.62. The van der Waals surface area contributed by atoms with Gasteiger partial charge in [0.15, 0.2) is 0 Å². The van der Waals surface area contributed by atoms with Crippen molar-refractivity contribution in [3.8, 4) is 0 Å². The molecule has 1 aromatic rings. The van der Waals surface area contributed by atoms with E-state index in [2.05, 4.69) is 17.1 Å². The van der Waals surface area contributed by atoms with Crippen LogP contribution in [0.4, 0.5) is 0 Å². The highest BCUT2D eigenvalue weighted by Crippen LogP contribution is 2.14. The first kappa shape index (κ1) is 19.9. The van der Waals surface area contributed by atoms with Gasteiger partial charge in [-0.05, 0) is 31.2 Å². The minimum Gasteiger partial charge on any atom is -0.352 e. The third kappa shape index (κ3) is 6.09. The Labute approximate surface area is 151 Å². The molecule has 7 heteroatoms. The summed E-state index contributed by atoms with van der Waals surface area (Å²) < 4.78 is 26.6. The molecule has 6 nitrogen and oxygen atoms in total. The maximum atomic E-state index is 12.5. The summed E-state index contributed by atoms with van der Waals surface area (Å²) in [6, 6.07) is 6.86. The fourth-order valence-corrected chi connectivity index (χ4v) is 4.32. The van der Waals surface area contributed by atoms with Crippen LogP contribution in [-0.4, -0.2) is 63.3 Å². The first-order valence-corrected chi connectivity index (χ1v) is 10.6. The third-order valence-electron chi connectivity index (χ3n) is 4.49. The molecule has 1 aliphatic rings. The number of sulfonamides is 1. The molecule has 2 rings (SSSR count). The second kappa shape index (κ2) is 9.31. The van der Waals surface area contributed by atoms with Crippen LogP contribution in [0.3, 0.4) is 0 Å². The fourth-order valence-electron chi connectivity index (χ4n) is 2.80. The van der Waals surface area contributed by atoms with E-state index in [0.29, 0.717) is 30.8 Å². The van der Waals surface area contributed by atoms with Crippen molar-refractivity contribution in [1.82, 2.24) is 14.5 Å². The van der Waals surface area contributed by atoms with Gasteiger partial charge in [0.1, 0.15) is 0 Å². The lowest BCUT2D eigenvalue weighted by molar-refractivity contribution is 0.0953. The molecule has 0 aromatic heterocycles. The van der Waals surface area contributed by atoms with Crippen molar-refractivity contribution < 1.29 is 13.2 Å². The molecule has 1 N–H and O–H groups in total. The first-order valence-electron chi connectivity index (χ1n) is 8.96. The number of hydrogen-bond acceptors (Lipinski definition) is 4. The summed E-state index contributed by atoms with van der Waals surface area (Å²) >= 11 is 0. The van der Waals surface area contributed by atoms with Gasteiger partial charge in [0.2, 0.25) is 10.0 Å². The van der Waals surface area contributed by atoms with Gasteiger partial charge >= 0.3 is 0 Å². The Morgan fingerprint density at radius 1 is 1.08 bits per heavy atom. The minimum absolute atomic E-state index is 0.0187. The van der Waals surface area contributed by atoms with E-state index in [-0.39, 0.29) is 11.7 Å². The Balaban J connectivity index is 1.90. The van der Waals surface area contributed by atoms with E-state index >= 15 is 0 Å². The van der Waals surface area contributed by atoms with E-state index in [1.165, 1.54) is 0 Å². The van der Waals surface area contributed by atoms with Crippen molar-refractivity contribution in [2.24, 2.45) is 0 Å². The number of nitrogens with zero attached hydrogens (tertiary/aromatic N) is 2. The van der Waals surface area contributed by atoms with Crippen molar-refractivity contribution in [3.63, 3.8) is 0 Å². The van der Waals surface area contributed by atoms with E-state index in [1.54, 1.807) is 28.6 Å². The predicted molar refractivity (Wildman–Crippen MR) is 100.0 cm³/mol. The van der Waals surface area contributed by atoms with Gasteiger partial charge in [0, 0.05) is 38.3 Å². The van der Waals surface area contributed by atoms with E-state index in [0.717, 1.165) is 32.4 Å². The SMILES string of the molecule is CCCCCNC(=O)c1ccc(CS(=O)(=O)N2CCN(C)CC2)cc1. The number of hydrogen-bond donors (Lipinski definition) is 1. The maximum absolute atomic E-state index is 12.5. The van der Waals surface area contributed by atoms with Crippen molar-refractivity contribution in [2.75, 3.05) is 39.8 Å². The molecule has 1 fully saturated rings. The molecule has 1 aliphatic heterocycles. The highest BCUT2D eigenvalue weighted by molar-refractivity contribution is 7.88. The average molecular weight is 368 g/mol. The van der Waals surface area contributed by atoms with E-state index < -0.39 is 10.0 Å². The van der Waals surface area contributed by atoms with Gasteiger partial charge in [-0.15, -0.1) is 0 Å². The quantitative estimate of drug-likeness (QED) is 0.710. The van der Waals surface area contributed by atoms with Crippen LogP contribution >= 0.6 is 0 Å². The third-order valence-corrected chi connectivity index (χ3v) is 6.34. The van der Waals surface area contributed by atoms with Crippen molar-refractivity contribution in [1.29, 1.82) is 0 Å². The van der Waals surface area contributed by atoms with Gasteiger partial charge in [-0.3, -0.25) is 4.79 Å². The molecule has 0 unspecified atom stereocenters. The number of carbonyl (C=O) groups is 1. The van der Waals surface area contributed by atoms with Gasteiger partial charge in [-0.25, -0.2) is 8.42 Å². The number of likely N-dealkylation sites (N-methyl/N-ethyl adjacent to an activating group) is 1. The molecule has 140 valence electrons. The molecule has 0 saturated carbocycles.